The minimum absolute atomic E-state index is 0.135. The van der Waals surface area contributed by atoms with Crippen LogP contribution in [0.25, 0.3) is 0 Å². The van der Waals surface area contributed by atoms with Crippen molar-refractivity contribution < 1.29 is 9.53 Å². The van der Waals surface area contributed by atoms with Crippen molar-refractivity contribution in [2.45, 2.75) is 26.3 Å². The van der Waals surface area contributed by atoms with E-state index in [0.717, 1.165) is 6.54 Å². The van der Waals surface area contributed by atoms with Gasteiger partial charge in [-0.25, -0.2) is 0 Å². The molecule has 1 rings (SSSR count). The molecule has 0 aliphatic heterocycles. The van der Waals surface area contributed by atoms with Gasteiger partial charge in [0.25, 0.3) is 5.91 Å². The summed E-state index contributed by atoms with van der Waals surface area (Å²) in [4.78, 5) is 14.0. The number of nitrogen functional groups attached to an aromatic ring is 1. The third-order valence-electron chi connectivity index (χ3n) is 2.56. The first-order chi connectivity index (χ1) is 9.19. The third kappa shape index (κ3) is 5.48. The standard InChI is InChI=1S/C15H25N3O2/c1-15(2,3)17-14(19)11-6-7-13(12(16)10-11)20-9-8-18(4)5/h6-7,10H,8-9,16H2,1-5H3,(H,17,19). The second-order valence-corrected chi connectivity index (χ2v) is 6.11. The van der Waals surface area contributed by atoms with Crippen LogP contribution < -0.4 is 15.8 Å². The van der Waals surface area contributed by atoms with Crippen molar-refractivity contribution in [2.24, 2.45) is 0 Å². The summed E-state index contributed by atoms with van der Waals surface area (Å²) in [5.74, 6) is 0.475. The molecule has 0 heterocycles. The molecule has 0 bridgehead atoms. The summed E-state index contributed by atoms with van der Waals surface area (Å²) in [6, 6.07) is 5.11. The van der Waals surface area contributed by atoms with Crippen LogP contribution in [0.15, 0.2) is 18.2 Å². The molecule has 0 aliphatic carbocycles. The molecule has 0 radical (unpaired) electrons. The summed E-state index contributed by atoms with van der Waals surface area (Å²) in [6.45, 7) is 7.18. The number of likely N-dealkylation sites (N-methyl/N-ethyl adjacent to an activating group) is 1. The molecule has 3 N–H and O–H groups in total. The maximum Gasteiger partial charge on any atom is 0.251 e. The Bertz CT molecular complexity index is 465. The molecular formula is C15H25N3O2. The predicted octanol–water partition coefficient (Wildman–Crippen LogP) is 1.74. The lowest BCUT2D eigenvalue weighted by molar-refractivity contribution is 0.0919. The minimum atomic E-state index is -0.271. The molecule has 20 heavy (non-hydrogen) atoms. The topological polar surface area (TPSA) is 67.6 Å². The first kappa shape index (κ1) is 16.3. The van der Waals surface area contributed by atoms with Crippen molar-refractivity contribution in [1.82, 2.24) is 10.2 Å². The molecule has 1 aromatic rings. The Hall–Kier alpha value is -1.75. The van der Waals surface area contributed by atoms with Crippen molar-refractivity contribution in [3.05, 3.63) is 23.8 Å². The largest absolute Gasteiger partial charge is 0.490 e. The molecule has 0 saturated carbocycles. The fourth-order valence-electron chi connectivity index (χ4n) is 1.57. The lowest BCUT2D eigenvalue weighted by atomic mass is 10.1. The van der Waals surface area contributed by atoms with Gasteiger partial charge in [0.15, 0.2) is 0 Å². The highest BCUT2D eigenvalue weighted by Gasteiger charge is 2.16. The molecule has 0 spiro atoms. The average molecular weight is 279 g/mol. The zero-order valence-electron chi connectivity index (χ0n) is 13.0. The van der Waals surface area contributed by atoms with Crippen LogP contribution in [0, 0.1) is 0 Å². The Balaban J connectivity index is 2.70. The van der Waals surface area contributed by atoms with Crippen molar-refractivity contribution in [3.63, 3.8) is 0 Å². The van der Waals surface area contributed by atoms with E-state index in [4.69, 9.17) is 10.5 Å². The van der Waals surface area contributed by atoms with Crippen molar-refractivity contribution in [2.75, 3.05) is 33.0 Å². The number of nitrogens with two attached hydrogens (primary N) is 1. The van der Waals surface area contributed by atoms with Crippen LogP contribution in [0.1, 0.15) is 31.1 Å². The highest BCUT2D eigenvalue weighted by molar-refractivity contribution is 5.95. The van der Waals surface area contributed by atoms with Crippen molar-refractivity contribution >= 4 is 11.6 Å². The van der Waals surface area contributed by atoms with E-state index < -0.39 is 0 Å². The molecule has 0 saturated heterocycles. The van der Waals surface area contributed by atoms with Gasteiger partial charge in [0.05, 0.1) is 5.69 Å². The number of amides is 1. The molecule has 5 heteroatoms. The second-order valence-electron chi connectivity index (χ2n) is 6.11. The molecule has 1 amide bonds. The van der Waals surface area contributed by atoms with E-state index in [1.54, 1.807) is 18.2 Å². The number of hydrogen-bond donors (Lipinski definition) is 2. The molecule has 112 valence electrons. The van der Waals surface area contributed by atoms with Gasteiger partial charge >= 0.3 is 0 Å². The van der Waals surface area contributed by atoms with Gasteiger partial charge in [-0.3, -0.25) is 4.79 Å². The molecule has 0 atom stereocenters. The first-order valence-electron chi connectivity index (χ1n) is 6.68. The van der Waals surface area contributed by atoms with Gasteiger partial charge in [-0.15, -0.1) is 0 Å². The smallest absolute Gasteiger partial charge is 0.251 e. The number of benzene rings is 1. The number of nitrogens with one attached hydrogen (secondary N) is 1. The summed E-state index contributed by atoms with van der Waals surface area (Å²) >= 11 is 0. The number of rotatable bonds is 5. The van der Waals surface area contributed by atoms with Crippen LogP contribution in [-0.2, 0) is 0 Å². The van der Waals surface area contributed by atoms with Gasteiger partial charge in [0.2, 0.25) is 0 Å². The van der Waals surface area contributed by atoms with Crippen LogP contribution in [0.3, 0.4) is 0 Å². The van der Waals surface area contributed by atoms with Gasteiger partial charge in [-0.1, -0.05) is 0 Å². The van der Waals surface area contributed by atoms with Gasteiger partial charge in [0, 0.05) is 17.6 Å². The monoisotopic (exact) mass is 279 g/mol. The Morgan fingerprint density at radius 1 is 1.35 bits per heavy atom. The summed E-state index contributed by atoms with van der Waals surface area (Å²) in [5, 5.41) is 2.90. The van der Waals surface area contributed by atoms with E-state index in [0.29, 0.717) is 23.6 Å². The third-order valence-corrected chi connectivity index (χ3v) is 2.56. The molecular weight excluding hydrogens is 254 g/mol. The van der Waals surface area contributed by atoms with Crippen molar-refractivity contribution in [1.29, 1.82) is 0 Å². The number of carbonyl (C=O) groups is 1. The maximum atomic E-state index is 12.0. The number of ether oxygens (including phenoxy) is 1. The molecule has 5 nitrogen and oxygen atoms in total. The van der Waals surface area contributed by atoms with E-state index in [1.807, 2.05) is 39.8 Å². The summed E-state index contributed by atoms with van der Waals surface area (Å²) in [5.41, 5.74) is 6.67. The fourth-order valence-corrected chi connectivity index (χ4v) is 1.57. The SMILES string of the molecule is CN(C)CCOc1ccc(C(=O)NC(C)(C)C)cc1N. The Kier molecular flexibility index (Phi) is 5.39. The fraction of sp³-hybridized carbons (Fsp3) is 0.533. The molecule has 0 unspecified atom stereocenters. The van der Waals surface area contributed by atoms with Crippen LogP contribution in [0.4, 0.5) is 5.69 Å². The highest BCUT2D eigenvalue weighted by Crippen LogP contribution is 2.22. The summed E-state index contributed by atoms with van der Waals surface area (Å²) in [6.07, 6.45) is 0. The zero-order valence-corrected chi connectivity index (χ0v) is 13.0. The predicted molar refractivity (Wildman–Crippen MR) is 82.1 cm³/mol. The van der Waals surface area contributed by atoms with E-state index in [1.165, 1.54) is 0 Å². The van der Waals surface area contributed by atoms with E-state index >= 15 is 0 Å². The van der Waals surface area contributed by atoms with Crippen molar-refractivity contribution in [3.8, 4) is 5.75 Å². The summed E-state index contributed by atoms with van der Waals surface area (Å²) < 4.78 is 5.58. The number of hydrogen-bond acceptors (Lipinski definition) is 4. The number of anilines is 1. The zero-order chi connectivity index (χ0) is 15.3. The highest BCUT2D eigenvalue weighted by atomic mass is 16.5. The Morgan fingerprint density at radius 3 is 2.50 bits per heavy atom. The van der Waals surface area contributed by atoms with Crippen LogP contribution >= 0.6 is 0 Å². The number of nitrogens with zero attached hydrogens (tertiary/aromatic N) is 1. The molecule has 0 aliphatic rings. The Morgan fingerprint density at radius 2 is 2.00 bits per heavy atom. The van der Waals surface area contributed by atoms with E-state index in [9.17, 15) is 4.79 Å². The van der Waals surface area contributed by atoms with Gasteiger partial charge in [-0.2, -0.15) is 0 Å². The quantitative estimate of drug-likeness (QED) is 0.806. The molecule has 0 aromatic heterocycles. The maximum absolute atomic E-state index is 12.0. The van der Waals surface area contributed by atoms with E-state index in [-0.39, 0.29) is 11.4 Å². The van der Waals surface area contributed by atoms with Crippen LogP contribution in [0.5, 0.6) is 5.75 Å². The van der Waals surface area contributed by atoms with Gasteiger partial charge in [-0.05, 0) is 53.1 Å². The van der Waals surface area contributed by atoms with E-state index in [2.05, 4.69) is 5.32 Å². The Labute approximate surface area is 121 Å². The molecule has 0 fully saturated rings. The van der Waals surface area contributed by atoms with Gasteiger partial charge in [0.1, 0.15) is 12.4 Å². The first-order valence-corrected chi connectivity index (χ1v) is 6.68. The second kappa shape index (κ2) is 6.61. The van der Waals surface area contributed by atoms with Gasteiger partial charge < -0.3 is 20.7 Å². The average Bonchev–Trinajstić information content (AvgIpc) is 2.28. The lowest BCUT2D eigenvalue weighted by Crippen LogP contribution is -2.40. The normalized spacial score (nSPS) is 11.5. The summed E-state index contributed by atoms with van der Waals surface area (Å²) in [7, 11) is 3.96. The number of carbonyl (C=O) groups excluding carboxylic acids is 1. The lowest BCUT2D eigenvalue weighted by Gasteiger charge is -2.20. The van der Waals surface area contributed by atoms with Crippen LogP contribution in [-0.4, -0.2) is 43.6 Å². The molecule has 1 aromatic carbocycles. The van der Waals surface area contributed by atoms with Crippen LogP contribution in [0.2, 0.25) is 0 Å². The minimum Gasteiger partial charge on any atom is -0.490 e.